The lowest BCUT2D eigenvalue weighted by molar-refractivity contribution is -0.137. The summed E-state index contributed by atoms with van der Waals surface area (Å²) in [6.07, 6.45) is 0.145. The summed E-state index contributed by atoms with van der Waals surface area (Å²) in [4.78, 5) is 22.2. The maximum absolute atomic E-state index is 11.5. The third kappa shape index (κ3) is 7.60. The second-order valence-electron chi connectivity index (χ2n) is 5.24. The van der Waals surface area contributed by atoms with Gasteiger partial charge in [0.15, 0.2) is 0 Å². The van der Waals surface area contributed by atoms with Crippen molar-refractivity contribution >= 4 is 12.1 Å². The zero-order chi connectivity index (χ0) is 13.6. The van der Waals surface area contributed by atoms with Gasteiger partial charge in [-0.05, 0) is 26.7 Å². The fourth-order valence-corrected chi connectivity index (χ4v) is 1.33. The first-order chi connectivity index (χ1) is 7.65. The van der Waals surface area contributed by atoms with Crippen molar-refractivity contribution in [1.82, 2.24) is 5.32 Å². The lowest BCUT2D eigenvalue weighted by Gasteiger charge is -2.25. The third-order valence-electron chi connectivity index (χ3n) is 2.43. The Morgan fingerprint density at radius 3 is 2.24 bits per heavy atom. The highest BCUT2D eigenvalue weighted by Crippen LogP contribution is 2.13. The van der Waals surface area contributed by atoms with Crippen molar-refractivity contribution in [3.05, 3.63) is 0 Å². The molecule has 0 aromatic rings. The second-order valence-corrected chi connectivity index (χ2v) is 5.24. The Balaban J connectivity index is 4.42. The summed E-state index contributed by atoms with van der Waals surface area (Å²) in [5, 5.41) is 11.4. The van der Waals surface area contributed by atoms with Crippen molar-refractivity contribution in [3.8, 4) is 0 Å². The van der Waals surface area contributed by atoms with E-state index in [2.05, 4.69) is 5.32 Å². The smallest absolute Gasteiger partial charge is 0.407 e. The van der Waals surface area contributed by atoms with Gasteiger partial charge >= 0.3 is 12.1 Å². The molecule has 1 unspecified atom stereocenters. The highest BCUT2D eigenvalue weighted by molar-refractivity contribution is 5.71. The number of carbonyl (C=O) groups excluding carboxylic acids is 1. The number of hydrogen-bond acceptors (Lipinski definition) is 3. The van der Waals surface area contributed by atoms with E-state index in [4.69, 9.17) is 9.84 Å². The molecule has 0 fully saturated rings. The number of carbonyl (C=O) groups is 2. The molecular weight excluding hydrogens is 222 g/mol. The number of hydrogen-bond donors (Lipinski definition) is 2. The third-order valence-corrected chi connectivity index (χ3v) is 2.43. The van der Waals surface area contributed by atoms with Crippen LogP contribution in [0.3, 0.4) is 0 Å². The van der Waals surface area contributed by atoms with Crippen molar-refractivity contribution in [3.63, 3.8) is 0 Å². The predicted molar refractivity (Wildman–Crippen MR) is 64.9 cm³/mol. The molecule has 0 aromatic carbocycles. The Bertz CT molecular complexity index is 270. The summed E-state index contributed by atoms with van der Waals surface area (Å²) in [6, 6.07) is -0.396. The molecule has 0 saturated carbocycles. The van der Waals surface area contributed by atoms with Crippen molar-refractivity contribution in [2.45, 2.75) is 59.1 Å². The largest absolute Gasteiger partial charge is 0.481 e. The Labute approximate surface area is 103 Å². The molecule has 17 heavy (non-hydrogen) atoms. The quantitative estimate of drug-likeness (QED) is 0.779. The number of amides is 1. The first kappa shape index (κ1) is 15.7. The molecule has 0 bridgehead atoms. The molecule has 0 radical (unpaired) electrons. The van der Waals surface area contributed by atoms with Crippen LogP contribution in [0.1, 0.15) is 47.5 Å². The molecule has 0 heterocycles. The van der Waals surface area contributed by atoms with E-state index in [1.54, 1.807) is 20.8 Å². The number of ether oxygens (including phenoxy) is 1. The summed E-state index contributed by atoms with van der Waals surface area (Å²) >= 11 is 0. The molecule has 100 valence electrons. The van der Waals surface area contributed by atoms with Gasteiger partial charge in [-0.1, -0.05) is 20.3 Å². The topological polar surface area (TPSA) is 75.6 Å². The number of aliphatic carboxylic acids is 1. The summed E-state index contributed by atoms with van der Waals surface area (Å²) in [6.45, 7) is 9.16. The average molecular weight is 245 g/mol. The van der Waals surface area contributed by atoms with Crippen LogP contribution in [0, 0.1) is 5.92 Å². The van der Waals surface area contributed by atoms with E-state index in [0.717, 1.165) is 6.42 Å². The number of carboxylic acids is 1. The maximum atomic E-state index is 11.5. The standard InChI is InChI=1S/C12H23NO4/c1-6-8(2)9(7-10(14)15)13-11(16)17-12(3,4)5/h8-9H,6-7H2,1-5H3,(H,13,16)(H,14,15)/t8?,9-/m1/s1. The number of alkyl carbamates (subject to hydrolysis) is 1. The van der Waals surface area contributed by atoms with Gasteiger partial charge in [0.1, 0.15) is 5.60 Å². The van der Waals surface area contributed by atoms with Crippen LogP contribution in [-0.2, 0) is 9.53 Å². The van der Waals surface area contributed by atoms with E-state index in [9.17, 15) is 9.59 Å². The summed E-state index contributed by atoms with van der Waals surface area (Å²) in [7, 11) is 0. The minimum atomic E-state index is -0.925. The van der Waals surface area contributed by atoms with E-state index < -0.39 is 23.7 Å². The molecule has 0 spiro atoms. The van der Waals surface area contributed by atoms with Gasteiger partial charge in [-0.25, -0.2) is 4.79 Å². The van der Waals surface area contributed by atoms with E-state index in [0.29, 0.717) is 0 Å². The van der Waals surface area contributed by atoms with E-state index >= 15 is 0 Å². The second kappa shape index (κ2) is 6.47. The SMILES string of the molecule is CCC(C)[C@@H](CC(=O)O)NC(=O)OC(C)(C)C. The Morgan fingerprint density at radius 2 is 1.88 bits per heavy atom. The van der Waals surface area contributed by atoms with Crippen LogP contribution in [-0.4, -0.2) is 28.8 Å². The fourth-order valence-electron chi connectivity index (χ4n) is 1.33. The molecular formula is C12H23NO4. The summed E-state index contributed by atoms with van der Waals surface area (Å²) in [5.41, 5.74) is -0.576. The number of nitrogens with one attached hydrogen (secondary N) is 1. The Hall–Kier alpha value is -1.26. The maximum Gasteiger partial charge on any atom is 0.407 e. The molecule has 5 heteroatoms. The fraction of sp³-hybridized carbons (Fsp3) is 0.833. The molecule has 5 nitrogen and oxygen atoms in total. The molecule has 0 aliphatic carbocycles. The molecule has 0 saturated heterocycles. The van der Waals surface area contributed by atoms with Crippen LogP contribution in [0.25, 0.3) is 0 Å². The molecule has 0 rings (SSSR count). The summed E-state index contributed by atoms with van der Waals surface area (Å²) < 4.78 is 5.10. The van der Waals surface area contributed by atoms with Gasteiger partial charge < -0.3 is 15.2 Å². The van der Waals surface area contributed by atoms with Crippen LogP contribution in [0.5, 0.6) is 0 Å². The zero-order valence-corrected chi connectivity index (χ0v) is 11.2. The van der Waals surface area contributed by atoms with Crippen LogP contribution in [0.2, 0.25) is 0 Å². The minimum absolute atomic E-state index is 0.0890. The van der Waals surface area contributed by atoms with Crippen LogP contribution < -0.4 is 5.32 Å². The Kier molecular flexibility index (Phi) is 5.99. The first-order valence-corrected chi connectivity index (χ1v) is 5.87. The lowest BCUT2D eigenvalue weighted by atomic mass is 9.96. The van der Waals surface area contributed by atoms with Crippen molar-refractivity contribution in [1.29, 1.82) is 0 Å². The first-order valence-electron chi connectivity index (χ1n) is 5.87. The van der Waals surface area contributed by atoms with Gasteiger partial charge in [0, 0.05) is 6.04 Å². The van der Waals surface area contributed by atoms with Crippen LogP contribution >= 0.6 is 0 Å². The highest BCUT2D eigenvalue weighted by Gasteiger charge is 2.24. The van der Waals surface area contributed by atoms with E-state index in [-0.39, 0.29) is 12.3 Å². The molecule has 1 amide bonds. The van der Waals surface area contributed by atoms with E-state index in [1.165, 1.54) is 0 Å². The average Bonchev–Trinajstić information content (AvgIpc) is 2.11. The predicted octanol–water partition coefficient (Wildman–Crippen LogP) is 2.40. The lowest BCUT2D eigenvalue weighted by Crippen LogP contribution is -2.43. The molecule has 0 aliphatic rings. The minimum Gasteiger partial charge on any atom is -0.481 e. The zero-order valence-electron chi connectivity index (χ0n) is 11.2. The van der Waals surface area contributed by atoms with Gasteiger partial charge in [-0.3, -0.25) is 4.79 Å². The van der Waals surface area contributed by atoms with E-state index in [1.807, 2.05) is 13.8 Å². The molecule has 0 aromatic heterocycles. The molecule has 2 N–H and O–H groups in total. The van der Waals surface area contributed by atoms with Gasteiger partial charge in [0.2, 0.25) is 0 Å². The number of rotatable bonds is 5. The van der Waals surface area contributed by atoms with Gasteiger partial charge in [-0.15, -0.1) is 0 Å². The van der Waals surface area contributed by atoms with Crippen molar-refractivity contribution < 1.29 is 19.4 Å². The monoisotopic (exact) mass is 245 g/mol. The number of carboxylic acid groups (broad SMARTS) is 1. The summed E-state index contributed by atoms with van der Waals surface area (Å²) in [5.74, 6) is -0.829. The molecule has 2 atom stereocenters. The van der Waals surface area contributed by atoms with Crippen molar-refractivity contribution in [2.24, 2.45) is 5.92 Å². The van der Waals surface area contributed by atoms with Gasteiger partial charge in [0.25, 0.3) is 0 Å². The van der Waals surface area contributed by atoms with Crippen molar-refractivity contribution in [2.75, 3.05) is 0 Å². The normalized spacial score (nSPS) is 14.9. The van der Waals surface area contributed by atoms with Crippen LogP contribution in [0.4, 0.5) is 4.79 Å². The molecule has 0 aliphatic heterocycles. The van der Waals surface area contributed by atoms with Gasteiger partial charge in [0.05, 0.1) is 6.42 Å². The van der Waals surface area contributed by atoms with Gasteiger partial charge in [-0.2, -0.15) is 0 Å². The van der Waals surface area contributed by atoms with Crippen LogP contribution in [0.15, 0.2) is 0 Å². The highest BCUT2D eigenvalue weighted by atomic mass is 16.6. The Morgan fingerprint density at radius 1 is 1.35 bits per heavy atom.